The van der Waals surface area contributed by atoms with E-state index in [0.717, 1.165) is 23.5 Å². The van der Waals surface area contributed by atoms with Crippen LogP contribution in [0.2, 0.25) is 6.04 Å². The van der Waals surface area contributed by atoms with Crippen LogP contribution in [0.3, 0.4) is 0 Å². The molecule has 7 heteroatoms. The van der Waals surface area contributed by atoms with E-state index in [-0.39, 0.29) is 6.29 Å². The molecule has 0 N–H and O–H groups in total. The summed E-state index contributed by atoms with van der Waals surface area (Å²) in [6.45, 7) is 2.99. The van der Waals surface area contributed by atoms with Crippen molar-refractivity contribution in [2.75, 3.05) is 27.9 Å². The van der Waals surface area contributed by atoms with Crippen molar-refractivity contribution in [1.82, 2.24) is 0 Å². The molecule has 1 aromatic carbocycles. The highest BCUT2D eigenvalue weighted by atomic mass is 28.4. The summed E-state index contributed by atoms with van der Waals surface area (Å²) in [5, 5.41) is 0. The largest absolute Gasteiger partial charge is 0.500 e. The molecule has 0 amide bonds. The highest BCUT2D eigenvalue weighted by Crippen LogP contribution is 2.29. The highest BCUT2D eigenvalue weighted by molar-refractivity contribution is 6.60. The fourth-order valence-electron chi connectivity index (χ4n) is 2.33. The Balaban J connectivity index is 1.83. The molecule has 1 heterocycles. The first-order valence-corrected chi connectivity index (χ1v) is 9.25. The molecule has 22 heavy (non-hydrogen) atoms. The van der Waals surface area contributed by atoms with Crippen molar-refractivity contribution in [1.29, 1.82) is 0 Å². The molecular weight excluding hydrogens is 304 g/mol. The average molecular weight is 328 g/mol. The maximum Gasteiger partial charge on any atom is 0.500 e. The zero-order valence-corrected chi connectivity index (χ0v) is 14.6. The summed E-state index contributed by atoms with van der Waals surface area (Å²) in [7, 11) is 2.34. The molecule has 0 saturated carbocycles. The summed E-state index contributed by atoms with van der Waals surface area (Å²) in [4.78, 5) is 0. The van der Waals surface area contributed by atoms with Crippen LogP contribution in [-0.2, 0) is 24.6 Å². The van der Waals surface area contributed by atoms with Gasteiger partial charge in [-0.25, -0.2) is 0 Å². The van der Waals surface area contributed by atoms with Gasteiger partial charge in [0.05, 0.1) is 13.2 Å². The predicted octanol–water partition coefficient (Wildman–Crippen LogP) is 2.59. The smallest absolute Gasteiger partial charge is 0.494 e. The highest BCUT2D eigenvalue weighted by Gasteiger charge is 2.36. The second kappa shape index (κ2) is 7.93. The van der Waals surface area contributed by atoms with Crippen molar-refractivity contribution >= 4 is 8.80 Å². The van der Waals surface area contributed by atoms with Gasteiger partial charge in [-0.15, -0.1) is 0 Å². The van der Waals surface area contributed by atoms with Crippen LogP contribution in [0.1, 0.15) is 18.9 Å². The third-order valence-corrected chi connectivity index (χ3v) is 6.46. The van der Waals surface area contributed by atoms with Crippen LogP contribution in [0.5, 0.6) is 11.5 Å². The van der Waals surface area contributed by atoms with E-state index in [1.807, 2.05) is 25.1 Å². The Morgan fingerprint density at radius 2 is 1.91 bits per heavy atom. The van der Waals surface area contributed by atoms with Gasteiger partial charge in [-0.3, -0.25) is 0 Å². The van der Waals surface area contributed by atoms with Crippen LogP contribution in [-0.4, -0.2) is 43.0 Å². The summed E-state index contributed by atoms with van der Waals surface area (Å²) in [6, 6.07) is 6.49. The zero-order valence-electron chi connectivity index (χ0n) is 13.6. The normalized spacial score (nSPS) is 17.7. The summed E-state index contributed by atoms with van der Waals surface area (Å²) in [5.41, 5.74) is 1.00. The fourth-order valence-corrected chi connectivity index (χ4v) is 4.02. The number of hydrogen-bond acceptors (Lipinski definition) is 6. The third-order valence-electron chi connectivity index (χ3n) is 3.63. The van der Waals surface area contributed by atoms with E-state index in [2.05, 4.69) is 0 Å². The summed E-state index contributed by atoms with van der Waals surface area (Å²) >= 11 is 0. The Morgan fingerprint density at radius 3 is 2.59 bits per heavy atom. The Morgan fingerprint density at radius 1 is 1.18 bits per heavy atom. The number of rotatable bonds is 8. The van der Waals surface area contributed by atoms with Gasteiger partial charge in [0.2, 0.25) is 0 Å². The minimum absolute atomic E-state index is 0.200. The summed E-state index contributed by atoms with van der Waals surface area (Å²) in [5.74, 6) is 1.66. The minimum Gasteiger partial charge on any atom is -0.494 e. The lowest BCUT2D eigenvalue weighted by molar-refractivity contribution is -0.0944. The van der Waals surface area contributed by atoms with Crippen molar-refractivity contribution < 1.29 is 27.5 Å². The van der Waals surface area contributed by atoms with Crippen molar-refractivity contribution in [3.63, 3.8) is 0 Å². The first kappa shape index (κ1) is 17.2. The van der Waals surface area contributed by atoms with E-state index in [4.69, 9.17) is 27.5 Å². The molecule has 6 nitrogen and oxygen atoms in total. The van der Waals surface area contributed by atoms with E-state index in [1.165, 1.54) is 0 Å². The van der Waals surface area contributed by atoms with Crippen molar-refractivity contribution in [2.45, 2.75) is 32.3 Å². The van der Waals surface area contributed by atoms with Gasteiger partial charge in [-0.2, -0.15) is 0 Å². The lowest BCUT2D eigenvalue weighted by atomic mass is 10.2. The molecule has 1 unspecified atom stereocenters. The van der Waals surface area contributed by atoms with Gasteiger partial charge >= 0.3 is 8.80 Å². The maximum absolute atomic E-state index is 5.77. The molecule has 1 aliphatic heterocycles. The quantitative estimate of drug-likeness (QED) is 0.540. The van der Waals surface area contributed by atoms with Crippen LogP contribution in [0.15, 0.2) is 18.2 Å². The molecule has 0 saturated heterocycles. The van der Waals surface area contributed by atoms with Gasteiger partial charge in [0.15, 0.2) is 6.29 Å². The Labute approximate surface area is 132 Å². The molecular formula is C15H24O6Si. The van der Waals surface area contributed by atoms with Gasteiger partial charge in [0, 0.05) is 32.9 Å². The van der Waals surface area contributed by atoms with Gasteiger partial charge in [0.25, 0.3) is 0 Å². The maximum atomic E-state index is 5.77. The van der Waals surface area contributed by atoms with E-state index in [9.17, 15) is 0 Å². The van der Waals surface area contributed by atoms with Crippen molar-refractivity contribution in [3.8, 4) is 11.5 Å². The number of hydrogen-bond donors (Lipinski definition) is 0. The number of fused-ring (bicyclic) bond motifs is 1. The molecule has 0 bridgehead atoms. The molecule has 1 atom stereocenters. The molecule has 0 fully saturated rings. The van der Waals surface area contributed by atoms with Crippen LogP contribution in [0, 0.1) is 0 Å². The molecule has 0 aromatic heterocycles. The van der Waals surface area contributed by atoms with E-state index in [1.54, 1.807) is 21.3 Å². The first-order valence-electron chi connectivity index (χ1n) is 7.32. The van der Waals surface area contributed by atoms with Gasteiger partial charge in [0.1, 0.15) is 11.5 Å². The first-order chi connectivity index (χ1) is 10.6. The molecule has 124 valence electrons. The third kappa shape index (κ3) is 4.20. The topological polar surface area (TPSA) is 55.4 Å². The lowest BCUT2D eigenvalue weighted by Gasteiger charge is -2.25. The lowest BCUT2D eigenvalue weighted by Crippen LogP contribution is -2.42. The predicted molar refractivity (Wildman–Crippen MR) is 83.0 cm³/mol. The van der Waals surface area contributed by atoms with Crippen molar-refractivity contribution in [2.24, 2.45) is 0 Å². The van der Waals surface area contributed by atoms with E-state index in [0.29, 0.717) is 19.3 Å². The Bertz CT molecular complexity index is 469. The number of ether oxygens (including phenoxy) is 3. The standard InChI is InChI=1S/C15H24O6Si/c1-12-20-11-13-10-14(6-7-15(13)21-12)19-8-5-9-22(16-2,17-3)18-4/h6-7,10,12H,5,8-9,11H2,1-4H3. The van der Waals surface area contributed by atoms with Gasteiger partial charge < -0.3 is 27.5 Å². The second-order valence-electron chi connectivity index (χ2n) is 5.01. The fraction of sp³-hybridized carbons (Fsp3) is 0.600. The van der Waals surface area contributed by atoms with Crippen LogP contribution in [0.25, 0.3) is 0 Å². The van der Waals surface area contributed by atoms with Gasteiger partial charge in [-0.1, -0.05) is 0 Å². The monoisotopic (exact) mass is 328 g/mol. The summed E-state index contributed by atoms with van der Waals surface area (Å²) < 4.78 is 32.9. The van der Waals surface area contributed by atoms with Crippen LogP contribution < -0.4 is 9.47 Å². The Hall–Kier alpha value is -1.12. The minimum atomic E-state index is -2.51. The van der Waals surface area contributed by atoms with Crippen LogP contribution >= 0.6 is 0 Å². The molecule has 2 rings (SSSR count). The number of benzene rings is 1. The molecule has 0 radical (unpaired) electrons. The molecule has 0 spiro atoms. The molecule has 0 aliphatic carbocycles. The van der Waals surface area contributed by atoms with E-state index < -0.39 is 8.80 Å². The van der Waals surface area contributed by atoms with Crippen molar-refractivity contribution in [3.05, 3.63) is 23.8 Å². The van der Waals surface area contributed by atoms with E-state index >= 15 is 0 Å². The average Bonchev–Trinajstić information content (AvgIpc) is 2.56. The Kier molecular flexibility index (Phi) is 6.22. The van der Waals surface area contributed by atoms with Crippen LogP contribution in [0.4, 0.5) is 0 Å². The summed E-state index contributed by atoms with van der Waals surface area (Å²) in [6.07, 6.45) is 0.595. The SMILES string of the molecule is CO[Si](CCCOc1ccc2c(c1)COC(C)O2)(OC)OC. The zero-order chi connectivity index (χ0) is 16.0. The van der Waals surface area contributed by atoms with Gasteiger partial charge in [-0.05, 0) is 31.5 Å². The molecule has 1 aliphatic rings. The second-order valence-corrected chi connectivity index (χ2v) is 8.10. The molecule has 1 aromatic rings.